The highest BCUT2D eigenvalue weighted by Crippen LogP contribution is 2.34. The van der Waals surface area contributed by atoms with Crippen molar-refractivity contribution >= 4 is 48.9 Å². The first-order chi connectivity index (χ1) is 16.4. The standard InChI is InChI=1S/C24H24ClN3O5S2/c1-16-4-8-21(34(30,31)27(2)3)15-22(16)26-24(29)18-5-11-23-17(14-18)12-13-28(23)35(32,33)20-9-6-19(25)7-10-20/h4-11,14-15H,12-13H2,1-3H3,(H,26,29). The molecule has 0 aliphatic carbocycles. The quantitative estimate of drug-likeness (QED) is 0.517. The number of hydrogen-bond acceptors (Lipinski definition) is 5. The van der Waals surface area contributed by atoms with E-state index in [1.165, 1.54) is 54.8 Å². The van der Waals surface area contributed by atoms with Crippen molar-refractivity contribution in [1.82, 2.24) is 4.31 Å². The third kappa shape index (κ3) is 4.79. The van der Waals surface area contributed by atoms with Gasteiger partial charge in [0.15, 0.2) is 0 Å². The normalized spacial score (nSPS) is 13.7. The lowest BCUT2D eigenvalue weighted by Gasteiger charge is -2.20. The van der Waals surface area contributed by atoms with E-state index in [1.807, 2.05) is 0 Å². The maximum absolute atomic E-state index is 13.1. The highest BCUT2D eigenvalue weighted by molar-refractivity contribution is 7.92. The van der Waals surface area contributed by atoms with E-state index in [-0.39, 0.29) is 16.3 Å². The Morgan fingerprint density at radius 2 is 1.60 bits per heavy atom. The summed E-state index contributed by atoms with van der Waals surface area (Å²) in [5.74, 6) is -0.422. The predicted octanol–water partition coefficient (Wildman–Crippen LogP) is 3.90. The molecule has 11 heteroatoms. The molecule has 8 nitrogen and oxygen atoms in total. The molecule has 1 heterocycles. The molecule has 0 unspecified atom stereocenters. The van der Waals surface area contributed by atoms with Crippen LogP contribution in [0.15, 0.2) is 70.5 Å². The summed E-state index contributed by atoms with van der Waals surface area (Å²) in [4.78, 5) is 13.2. The zero-order valence-corrected chi connectivity index (χ0v) is 21.7. The lowest BCUT2D eigenvalue weighted by atomic mass is 10.1. The first-order valence-electron chi connectivity index (χ1n) is 10.7. The number of fused-ring (bicyclic) bond motifs is 1. The van der Waals surface area contributed by atoms with Gasteiger partial charge in [0.1, 0.15) is 0 Å². The van der Waals surface area contributed by atoms with E-state index in [1.54, 1.807) is 31.2 Å². The van der Waals surface area contributed by atoms with E-state index in [0.717, 1.165) is 9.87 Å². The van der Waals surface area contributed by atoms with Gasteiger partial charge in [-0.05, 0) is 79.1 Å². The van der Waals surface area contributed by atoms with Crippen molar-refractivity contribution < 1.29 is 21.6 Å². The van der Waals surface area contributed by atoms with Crippen LogP contribution >= 0.6 is 11.6 Å². The Morgan fingerprint density at radius 3 is 2.26 bits per heavy atom. The largest absolute Gasteiger partial charge is 0.322 e. The first-order valence-corrected chi connectivity index (χ1v) is 13.9. The van der Waals surface area contributed by atoms with Crippen molar-refractivity contribution in [3.05, 3.63) is 82.4 Å². The Kier molecular flexibility index (Phi) is 6.67. The van der Waals surface area contributed by atoms with Crippen LogP contribution in [0.4, 0.5) is 11.4 Å². The average Bonchev–Trinajstić information content (AvgIpc) is 3.24. The summed E-state index contributed by atoms with van der Waals surface area (Å²) < 4.78 is 53.6. The maximum atomic E-state index is 13.1. The third-order valence-electron chi connectivity index (χ3n) is 5.83. The third-order valence-corrected chi connectivity index (χ3v) is 9.72. The molecule has 4 rings (SSSR count). The Morgan fingerprint density at radius 1 is 0.943 bits per heavy atom. The van der Waals surface area contributed by atoms with E-state index < -0.39 is 26.0 Å². The topological polar surface area (TPSA) is 104 Å². The van der Waals surface area contributed by atoms with E-state index >= 15 is 0 Å². The number of rotatable bonds is 6. The highest BCUT2D eigenvalue weighted by Gasteiger charge is 2.31. The molecular weight excluding hydrogens is 510 g/mol. The number of hydrogen-bond donors (Lipinski definition) is 1. The first kappa shape index (κ1) is 25.2. The molecule has 35 heavy (non-hydrogen) atoms. The van der Waals surface area contributed by atoms with Gasteiger partial charge < -0.3 is 5.32 Å². The maximum Gasteiger partial charge on any atom is 0.264 e. The number of nitrogens with zero attached hydrogens (tertiary/aromatic N) is 2. The zero-order chi connectivity index (χ0) is 25.5. The van der Waals surface area contributed by atoms with Gasteiger partial charge in [-0.3, -0.25) is 9.10 Å². The van der Waals surface area contributed by atoms with Crippen molar-refractivity contribution in [3.63, 3.8) is 0 Å². The molecule has 0 spiro atoms. The van der Waals surface area contributed by atoms with Gasteiger partial charge in [0.2, 0.25) is 10.0 Å². The van der Waals surface area contributed by atoms with Crippen LogP contribution in [0.3, 0.4) is 0 Å². The van der Waals surface area contributed by atoms with E-state index in [9.17, 15) is 21.6 Å². The van der Waals surface area contributed by atoms with Crippen LogP contribution in [-0.2, 0) is 26.5 Å². The molecule has 0 atom stereocenters. The van der Waals surface area contributed by atoms with Gasteiger partial charge >= 0.3 is 0 Å². The second kappa shape index (κ2) is 9.27. The smallest absolute Gasteiger partial charge is 0.264 e. The predicted molar refractivity (Wildman–Crippen MR) is 136 cm³/mol. The number of sulfonamides is 2. The fraction of sp³-hybridized carbons (Fsp3) is 0.208. The van der Waals surface area contributed by atoms with Gasteiger partial charge in [0.05, 0.1) is 15.5 Å². The molecule has 184 valence electrons. The molecule has 1 N–H and O–H groups in total. The van der Waals surface area contributed by atoms with Crippen molar-refractivity contribution in [2.75, 3.05) is 30.3 Å². The Bertz CT molecular complexity index is 1520. The summed E-state index contributed by atoms with van der Waals surface area (Å²) in [5.41, 5.74) is 2.68. The van der Waals surface area contributed by atoms with Crippen LogP contribution < -0.4 is 9.62 Å². The summed E-state index contributed by atoms with van der Waals surface area (Å²) in [6, 6.07) is 15.4. The number of benzene rings is 3. The Labute approximate surface area is 210 Å². The van der Waals surface area contributed by atoms with Crippen molar-refractivity contribution in [2.24, 2.45) is 0 Å². The van der Waals surface area contributed by atoms with Crippen molar-refractivity contribution in [2.45, 2.75) is 23.1 Å². The number of halogens is 1. The molecule has 0 fully saturated rings. The highest BCUT2D eigenvalue weighted by atomic mass is 35.5. The minimum atomic E-state index is -3.77. The minimum absolute atomic E-state index is 0.0698. The van der Waals surface area contributed by atoms with E-state index in [4.69, 9.17) is 11.6 Å². The molecule has 3 aromatic rings. The Hall–Kier alpha value is -2.92. The van der Waals surface area contributed by atoms with Gasteiger partial charge in [0.25, 0.3) is 15.9 Å². The fourth-order valence-corrected chi connectivity index (χ4v) is 6.36. The molecule has 1 amide bonds. The summed E-state index contributed by atoms with van der Waals surface area (Å²) in [7, 11) is -4.55. The van der Waals surface area contributed by atoms with Gasteiger partial charge in [-0.2, -0.15) is 0 Å². The number of carbonyl (C=O) groups excluding carboxylic acids is 1. The molecule has 3 aromatic carbocycles. The molecule has 0 bridgehead atoms. The molecule has 0 aromatic heterocycles. The van der Waals surface area contributed by atoms with Crippen LogP contribution in [0.1, 0.15) is 21.5 Å². The number of anilines is 2. The second-order valence-corrected chi connectivity index (χ2v) is 12.8. The van der Waals surface area contributed by atoms with Gasteiger partial charge in [0, 0.05) is 36.9 Å². The van der Waals surface area contributed by atoms with Crippen molar-refractivity contribution in [1.29, 1.82) is 0 Å². The summed E-state index contributed by atoms with van der Waals surface area (Å²) in [5, 5.41) is 3.22. The number of aryl methyl sites for hydroxylation is 1. The molecular formula is C24H24ClN3O5S2. The van der Waals surface area contributed by atoms with Crippen LogP contribution in [0.5, 0.6) is 0 Å². The number of amides is 1. The molecule has 1 aliphatic heterocycles. The summed E-state index contributed by atoms with van der Waals surface area (Å²) >= 11 is 5.88. The lowest BCUT2D eigenvalue weighted by Crippen LogP contribution is -2.29. The minimum Gasteiger partial charge on any atom is -0.322 e. The molecule has 1 aliphatic rings. The van der Waals surface area contributed by atoms with Gasteiger partial charge in [-0.15, -0.1) is 0 Å². The fourth-order valence-electron chi connectivity index (χ4n) is 3.80. The molecule has 0 saturated carbocycles. The zero-order valence-electron chi connectivity index (χ0n) is 19.3. The second-order valence-electron chi connectivity index (χ2n) is 8.34. The van der Waals surface area contributed by atoms with Crippen LogP contribution in [0, 0.1) is 6.92 Å². The van der Waals surface area contributed by atoms with Crippen molar-refractivity contribution in [3.8, 4) is 0 Å². The van der Waals surface area contributed by atoms with Crippen LogP contribution in [0.25, 0.3) is 0 Å². The van der Waals surface area contributed by atoms with Gasteiger partial charge in [-0.1, -0.05) is 17.7 Å². The van der Waals surface area contributed by atoms with Gasteiger partial charge in [-0.25, -0.2) is 21.1 Å². The summed E-state index contributed by atoms with van der Waals surface area (Å²) in [6.07, 6.45) is 0.457. The molecule has 0 saturated heterocycles. The lowest BCUT2D eigenvalue weighted by molar-refractivity contribution is 0.102. The molecule has 0 radical (unpaired) electrons. The summed E-state index contributed by atoms with van der Waals surface area (Å²) in [6.45, 7) is 2.03. The van der Waals surface area contributed by atoms with E-state index in [2.05, 4.69) is 5.32 Å². The average molecular weight is 534 g/mol. The monoisotopic (exact) mass is 533 g/mol. The van der Waals surface area contributed by atoms with E-state index in [0.29, 0.717) is 33.9 Å². The Balaban J connectivity index is 1.59. The van der Waals surface area contributed by atoms with Crippen LogP contribution in [-0.4, -0.2) is 47.7 Å². The van der Waals surface area contributed by atoms with Crippen LogP contribution in [0.2, 0.25) is 5.02 Å². The number of nitrogens with one attached hydrogen (secondary N) is 1. The number of carbonyl (C=O) groups is 1. The SMILES string of the molecule is Cc1ccc(S(=O)(=O)N(C)C)cc1NC(=O)c1ccc2c(c1)CCN2S(=O)(=O)c1ccc(Cl)cc1.